The third-order valence-corrected chi connectivity index (χ3v) is 7.09. The van der Waals surface area contributed by atoms with Gasteiger partial charge in [-0.15, -0.1) is 4.28 Å². The van der Waals surface area contributed by atoms with Crippen molar-refractivity contribution < 1.29 is 31.6 Å². The summed E-state index contributed by atoms with van der Waals surface area (Å²) in [6.45, 7) is 15.1. The van der Waals surface area contributed by atoms with E-state index >= 15 is 0 Å². The molecule has 2 rings (SSSR count). The molecule has 2 amide bonds. The van der Waals surface area contributed by atoms with Gasteiger partial charge >= 0.3 is 16.4 Å². The molecule has 0 radical (unpaired) electrons. The molecular weight excluding hydrogens is 460 g/mol. The van der Waals surface area contributed by atoms with Crippen molar-refractivity contribution in [2.24, 2.45) is 0 Å². The first kappa shape index (κ1) is 30.6. The van der Waals surface area contributed by atoms with Crippen molar-refractivity contribution in [3.05, 3.63) is 0 Å². The van der Waals surface area contributed by atoms with Gasteiger partial charge in [0.15, 0.2) is 0 Å². The topological polar surface area (TPSA) is 134 Å². The number of unbranched alkanes of at least 4 members (excludes halogenated alkanes) is 4. The van der Waals surface area contributed by atoms with E-state index in [2.05, 4.69) is 32.0 Å². The Morgan fingerprint density at radius 3 is 1.79 bits per heavy atom. The number of urea groups is 1. The molecule has 2 aliphatic heterocycles. The summed E-state index contributed by atoms with van der Waals surface area (Å²) >= 11 is 0. The molecule has 2 saturated heterocycles. The van der Waals surface area contributed by atoms with E-state index in [9.17, 15) is 18.3 Å². The number of hydroxylamine groups is 2. The van der Waals surface area contributed by atoms with Gasteiger partial charge in [-0.25, -0.2) is 4.79 Å². The van der Waals surface area contributed by atoms with Gasteiger partial charge in [-0.2, -0.15) is 13.5 Å². The van der Waals surface area contributed by atoms with Gasteiger partial charge in [-0.1, -0.05) is 53.4 Å². The quantitative estimate of drug-likeness (QED) is 0.151. The fourth-order valence-corrected chi connectivity index (χ4v) is 5.14. The fourth-order valence-electron chi connectivity index (χ4n) is 4.75. The van der Waals surface area contributed by atoms with Crippen molar-refractivity contribution >= 4 is 22.3 Å². The van der Waals surface area contributed by atoms with Crippen LogP contribution in [0.3, 0.4) is 0 Å². The first-order valence-electron chi connectivity index (χ1n) is 12.9. The third kappa shape index (κ3) is 9.67. The van der Waals surface area contributed by atoms with Crippen LogP contribution >= 0.6 is 0 Å². The van der Waals surface area contributed by atoms with Gasteiger partial charge in [0, 0.05) is 6.54 Å². The molecule has 0 aromatic carbocycles. The number of carbonyl (C=O) groups excluding carboxylic acids is 1. The number of piperidine rings is 1. The average molecular weight is 507 g/mol. The number of amides is 2. The van der Waals surface area contributed by atoms with Crippen LogP contribution in [-0.4, -0.2) is 84.2 Å². The standard InChI is InChI=1S/C16H36N.C7H11N3O6S/c1-5-9-13-17(14-10-6-2,15-11-7-3)16-12-8-4;8-6(11)5-2-1-4-3-9(5)7(12)10(4)16-17(13,14)15/h5-16H2,1-4H3;4-5H,1-3H2,(H2,8,11)(H,13,14,15)/q+1;/p-1. The number of carbonyl (C=O) groups is 1. The minimum Gasteiger partial charge on any atom is -0.861 e. The number of rotatable bonds is 15. The molecule has 0 aromatic heterocycles. The lowest BCUT2D eigenvalue weighted by Crippen LogP contribution is -2.50. The van der Waals surface area contributed by atoms with E-state index in [-0.39, 0.29) is 13.0 Å². The molecule has 11 heteroatoms. The molecule has 2 aliphatic rings. The Hall–Kier alpha value is -1.43. The molecule has 0 aliphatic carbocycles. The average Bonchev–Trinajstić information content (AvgIpc) is 3.01. The van der Waals surface area contributed by atoms with Crippen LogP contribution in [0.15, 0.2) is 0 Å². The predicted molar refractivity (Wildman–Crippen MR) is 130 cm³/mol. The van der Waals surface area contributed by atoms with Gasteiger partial charge < -0.3 is 19.9 Å². The highest BCUT2D eigenvalue weighted by atomic mass is 32.3. The Labute approximate surface area is 206 Å². The summed E-state index contributed by atoms with van der Waals surface area (Å²) in [5.74, 6) is -0.898. The van der Waals surface area contributed by atoms with Crippen molar-refractivity contribution in [3.8, 4) is 0 Å². The number of hydrogen-bond acceptors (Lipinski definition) is 6. The van der Waals surface area contributed by atoms with Crippen molar-refractivity contribution in [2.45, 2.75) is 104 Å². The second-order valence-electron chi connectivity index (χ2n) is 9.52. The predicted octanol–water partition coefficient (Wildman–Crippen LogP) is 3.33. The highest BCUT2D eigenvalue weighted by Crippen LogP contribution is 2.30. The molecular formula is C23H46N4O6S. The highest BCUT2D eigenvalue weighted by Gasteiger charge is 2.47. The molecule has 2 bridgehead atoms. The van der Waals surface area contributed by atoms with E-state index < -0.39 is 34.4 Å². The van der Waals surface area contributed by atoms with Crippen LogP contribution in [0.5, 0.6) is 0 Å². The normalized spacial score (nSPS) is 20.3. The lowest BCUT2D eigenvalue weighted by Gasteiger charge is -2.39. The molecule has 0 spiro atoms. The number of quaternary nitrogens is 1. The minimum absolute atomic E-state index is 0.115. The lowest BCUT2D eigenvalue weighted by molar-refractivity contribution is -0.929. The molecule has 0 aromatic rings. The number of hydrogen-bond donors (Lipinski definition) is 2. The Morgan fingerprint density at radius 1 is 1.00 bits per heavy atom. The number of nitrogens with zero attached hydrogens (tertiary/aromatic N) is 3. The molecule has 2 unspecified atom stereocenters. The smallest absolute Gasteiger partial charge is 0.418 e. The van der Waals surface area contributed by atoms with Crippen LogP contribution in [0.1, 0.15) is 91.9 Å². The van der Waals surface area contributed by atoms with Crippen LogP contribution in [-0.2, 0) is 14.7 Å². The van der Waals surface area contributed by atoms with Crippen LogP contribution in [0, 0.1) is 5.41 Å². The van der Waals surface area contributed by atoms with E-state index in [1.165, 1.54) is 82.0 Å². The summed E-state index contributed by atoms with van der Waals surface area (Å²) in [6.07, 6.45) is 11.7. The molecule has 2 atom stereocenters. The van der Waals surface area contributed by atoms with Gasteiger partial charge in [-0.3, -0.25) is 4.55 Å². The molecule has 0 saturated carbocycles. The van der Waals surface area contributed by atoms with Gasteiger partial charge in [-0.05, 0) is 44.4 Å². The molecule has 200 valence electrons. The maximum absolute atomic E-state index is 11.7. The SMILES string of the molecule is CCCC[N+](CCCC)(CCCC)CCCC.N=C([O-])C1CCC2CN1C(=O)N2OS(=O)(=O)O. The summed E-state index contributed by atoms with van der Waals surface area (Å²) in [5, 5.41) is 18.5. The molecule has 2 heterocycles. The Morgan fingerprint density at radius 2 is 1.44 bits per heavy atom. The Kier molecular flexibility index (Phi) is 13.4. The zero-order valence-electron chi connectivity index (χ0n) is 21.5. The Bertz CT molecular complexity index is 695. The molecule has 34 heavy (non-hydrogen) atoms. The first-order chi connectivity index (χ1) is 16.0. The Balaban J connectivity index is 0.000000340. The maximum atomic E-state index is 11.7. The summed E-state index contributed by atoms with van der Waals surface area (Å²) in [5.41, 5.74) is 0. The van der Waals surface area contributed by atoms with E-state index in [1.807, 2.05) is 0 Å². The van der Waals surface area contributed by atoms with Gasteiger partial charge in [0.25, 0.3) is 0 Å². The van der Waals surface area contributed by atoms with Crippen LogP contribution in [0.4, 0.5) is 4.79 Å². The minimum atomic E-state index is -4.77. The van der Waals surface area contributed by atoms with Gasteiger partial charge in [0.05, 0.1) is 38.3 Å². The number of nitrogens with one attached hydrogen (secondary N) is 1. The highest BCUT2D eigenvalue weighted by molar-refractivity contribution is 7.80. The van der Waals surface area contributed by atoms with Crippen LogP contribution < -0.4 is 5.11 Å². The van der Waals surface area contributed by atoms with Crippen LogP contribution in [0.2, 0.25) is 0 Å². The summed E-state index contributed by atoms with van der Waals surface area (Å²) in [6, 6.07) is -2.22. The maximum Gasteiger partial charge on any atom is 0.418 e. The molecule has 10 nitrogen and oxygen atoms in total. The monoisotopic (exact) mass is 506 g/mol. The fraction of sp³-hybridized carbons (Fsp3) is 0.913. The molecule has 2 fully saturated rings. The number of fused-ring (bicyclic) bond motifs is 2. The van der Waals surface area contributed by atoms with E-state index in [0.29, 0.717) is 11.5 Å². The van der Waals surface area contributed by atoms with Crippen molar-refractivity contribution in [1.82, 2.24) is 9.96 Å². The van der Waals surface area contributed by atoms with E-state index in [1.54, 1.807) is 0 Å². The molecule has 2 N–H and O–H groups in total. The zero-order valence-corrected chi connectivity index (χ0v) is 22.3. The summed E-state index contributed by atoms with van der Waals surface area (Å²) < 4.78 is 35.2. The van der Waals surface area contributed by atoms with Crippen molar-refractivity contribution in [2.75, 3.05) is 32.7 Å². The van der Waals surface area contributed by atoms with Crippen LogP contribution in [0.25, 0.3) is 0 Å². The van der Waals surface area contributed by atoms with E-state index in [0.717, 1.165) is 4.90 Å². The largest absolute Gasteiger partial charge is 0.861 e. The van der Waals surface area contributed by atoms with E-state index in [4.69, 9.17) is 9.96 Å². The lowest BCUT2D eigenvalue weighted by atomic mass is 10.0. The van der Waals surface area contributed by atoms with Crippen molar-refractivity contribution in [3.63, 3.8) is 0 Å². The second kappa shape index (κ2) is 14.9. The van der Waals surface area contributed by atoms with Crippen molar-refractivity contribution in [1.29, 1.82) is 5.41 Å². The second-order valence-corrected chi connectivity index (χ2v) is 10.5. The first-order valence-corrected chi connectivity index (χ1v) is 14.3. The van der Waals surface area contributed by atoms with Gasteiger partial charge in [0.1, 0.15) is 0 Å². The summed E-state index contributed by atoms with van der Waals surface area (Å²) in [4.78, 5) is 12.8. The zero-order chi connectivity index (χ0) is 25.8. The summed E-state index contributed by atoms with van der Waals surface area (Å²) in [7, 11) is -4.77. The third-order valence-electron chi connectivity index (χ3n) is 6.74. The van der Waals surface area contributed by atoms with Gasteiger partial charge in [0.2, 0.25) is 0 Å².